The minimum atomic E-state index is -0.0115. The maximum atomic E-state index is 12.6. The fourth-order valence-electron chi connectivity index (χ4n) is 2.41. The van der Waals surface area contributed by atoms with E-state index in [2.05, 4.69) is 23.9 Å². The van der Waals surface area contributed by atoms with Crippen molar-refractivity contribution in [1.82, 2.24) is 9.78 Å². The van der Waals surface area contributed by atoms with Crippen molar-refractivity contribution in [1.29, 1.82) is 0 Å². The van der Waals surface area contributed by atoms with Crippen molar-refractivity contribution in [2.24, 2.45) is 4.99 Å². The highest BCUT2D eigenvalue weighted by Gasteiger charge is 2.22. The van der Waals surface area contributed by atoms with Gasteiger partial charge < -0.3 is 0 Å². The number of rotatable bonds is 4. The molecule has 1 aromatic rings. The van der Waals surface area contributed by atoms with Gasteiger partial charge >= 0.3 is 0 Å². The Hall–Kier alpha value is -1.36. The van der Waals surface area contributed by atoms with E-state index in [1.807, 2.05) is 19.2 Å². The Kier molecular flexibility index (Phi) is 5.17. The van der Waals surface area contributed by atoms with Crippen LogP contribution in [-0.4, -0.2) is 26.6 Å². The first-order valence-corrected chi connectivity index (χ1v) is 8.22. The molecule has 0 aliphatic carbocycles. The van der Waals surface area contributed by atoms with Crippen LogP contribution in [-0.2, 0) is 12.8 Å². The van der Waals surface area contributed by atoms with Crippen molar-refractivity contribution in [3.05, 3.63) is 40.0 Å². The lowest BCUT2D eigenvalue weighted by Crippen LogP contribution is -2.38. The zero-order chi connectivity index (χ0) is 14.5. The molecule has 0 aromatic carbocycles. The Labute approximate surface area is 124 Å². The molecule has 108 valence electrons. The highest BCUT2D eigenvalue weighted by atomic mass is 32.2. The van der Waals surface area contributed by atoms with Crippen LogP contribution in [0.15, 0.2) is 28.3 Å². The normalized spacial score (nSPS) is 18.1. The molecule has 1 unspecified atom stereocenters. The molecule has 0 bridgehead atoms. The maximum Gasteiger partial charge on any atom is 0.276 e. The topological polar surface area (TPSA) is 47.2 Å². The van der Waals surface area contributed by atoms with Gasteiger partial charge in [0.15, 0.2) is 0 Å². The van der Waals surface area contributed by atoms with E-state index in [1.54, 1.807) is 18.0 Å². The van der Waals surface area contributed by atoms with E-state index in [9.17, 15) is 4.79 Å². The summed E-state index contributed by atoms with van der Waals surface area (Å²) in [5.74, 6) is 1.77. The number of allylic oxidation sites excluding steroid dienone is 1. The maximum absolute atomic E-state index is 12.6. The van der Waals surface area contributed by atoms with Crippen LogP contribution in [0.1, 0.15) is 38.3 Å². The van der Waals surface area contributed by atoms with Crippen molar-refractivity contribution < 1.29 is 0 Å². The van der Waals surface area contributed by atoms with Gasteiger partial charge in [-0.3, -0.25) is 4.79 Å². The summed E-state index contributed by atoms with van der Waals surface area (Å²) in [4.78, 5) is 17.0. The van der Waals surface area contributed by atoms with E-state index in [0.717, 1.165) is 42.0 Å². The van der Waals surface area contributed by atoms with E-state index >= 15 is 0 Å². The molecule has 0 spiro atoms. The van der Waals surface area contributed by atoms with Crippen molar-refractivity contribution in [2.75, 3.05) is 5.75 Å². The zero-order valence-electron chi connectivity index (χ0n) is 12.3. The van der Waals surface area contributed by atoms with E-state index in [1.165, 1.54) is 4.68 Å². The number of nitrogens with zero attached hydrogens (tertiary/aromatic N) is 3. The molecule has 2 heterocycles. The predicted molar refractivity (Wildman–Crippen MR) is 85.8 cm³/mol. The zero-order valence-corrected chi connectivity index (χ0v) is 13.1. The summed E-state index contributed by atoms with van der Waals surface area (Å²) in [5, 5.41) is 4.56. The summed E-state index contributed by atoms with van der Waals surface area (Å²) in [5.41, 5.74) is 1.89. The fourth-order valence-corrected chi connectivity index (χ4v) is 3.37. The van der Waals surface area contributed by atoms with Gasteiger partial charge in [0.2, 0.25) is 0 Å². The average molecular weight is 291 g/mol. The monoisotopic (exact) mass is 291 g/mol. The lowest BCUT2D eigenvalue weighted by atomic mass is 10.1. The Morgan fingerprint density at radius 1 is 1.35 bits per heavy atom. The molecule has 0 saturated heterocycles. The minimum absolute atomic E-state index is 0.0115. The van der Waals surface area contributed by atoms with Crippen molar-refractivity contribution in [2.45, 2.75) is 45.3 Å². The molecule has 2 rings (SSSR count). The molecule has 5 heteroatoms. The van der Waals surface area contributed by atoms with Crippen LogP contribution in [0.2, 0.25) is 0 Å². The van der Waals surface area contributed by atoms with Crippen LogP contribution in [0.25, 0.3) is 0 Å². The predicted octanol–water partition coefficient (Wildman–Crippen LogP) is 2.65. The van der Waals surface area contributed by atoms with Gasteiger partial charge in [0.05, 0.1) is 11.4 Å². The molecule has 0 radical (unpaired) electrons. The standard InChI is InChI=1S/C15H21N3OS/c1-4-11-10-17-18(15(19)12(11)5-2)14-13(20-6-3)8-7-9-16-14/h7,9-10,13H,4-6,8H2,1-3H3. The first-order chi connectivity index (χ1) is 9.72. The smallest absolute Gasteiger partial charge is 0.267 e. The summed E-state index contributed by atoms with van der Waals surface area (Å²) in [6.45, 7) is 6.19. The van der Waals surface area contributed by atoms with Crippen molar-refractivity contribution in [3.63, 3.8) is 0 Å². The molecular formula is C15H21N3OS. The molecule has 0 saturated carbocycles. The fraction of sp³-hybridized carbons (Fsp3) is 0.533. The van der Waals surface area contributed by atoms with Gasteiger partial charge in [-0.1, -0.05) is 26.8 Å². The summed E-state index contributed by atoms with van der Waals surface area (Å²) in [6, 6.07) is 0. The summed E-state index contributed by atoms with van der Waals surface area (Å²) >= 11 is 1.81. The van der Waals surface area contributed by atoms with Crippen LogP contribution < -0.4 is 5.56 Å². The molecule has 4 nitrogen and oxygen atoms in total. The molecular weight excluding hydrogens is 270 g/mol. The first-order valence-electron chi connectivity index (χ1n) is 7.17. The number of thioether (sulfide) groups is 1. The van der Waals surface area contributed by atoms with E-state index in [0.29, 0.717) is 0 Å². The van der Waals surface area contributed by atoms with Gasteiger partial charge in [0, 0.05) is 11.8 Å². The van der Waals surface area contributed by atoms with Crippen molar-refractivity contribution in [3.8, 4) is 0 Å². The Morgan fingerprint density at radius 3 is 2.80 bits per heavy atom. The SMILES string of the molecule is CCSC1CC=CN=C1n1ncc(CC)c(CC)c1=O. The lowest BCUT2D eigenvalue weighted by Gasteiger charge is -2.20. The number of aryl methyl sites for hydroxylation is 1. The second-order valence-electron chi connectivity index (χ2n) is 4.62. The van der Waals surface area contributed by atoms with Gasteiger partial charge in [0.25, 0.3) is 5.56 Å². The second-order valence-corrected chi connectivity index (χ2v) is 6.10. The van der Waals surface area contributed by atoms with Crippen LogP contribution >= 0.6 is 11.8 Å². The summed E-state index contributed by atoms with van der Waals surface area (Å²) in [6.07, 6.45) is 8.11. The van der Waals surface area contributed by atoms with Crippen LogP contribution in [0, 0.1) is 0 Å². The highest BCUT2D eigenvalue weighted by molar-refractivity contribution is 8.00. The third kappa shape index (κ3) is 2.87. The largest absolute Gasteiger partial charge is 0.276 e. The Balaban J connectivity index is 2.49. The number of hydrogen-bond acceptors (Lipinski definition) is 4. The second kappa shape index (κ2) is 6.88. The van der Waals surface area contributed by atoms with E-state index in [4.69, 9.17) is 0 Å². The summed E-state index contributed by atoms with van der Waals surface area (Å²) < 4.78 is 1.49. The van der Waals surface area contributed by atoms with Crippen LogP contribution in [0.3, 0.4) is 0 Å². The highest BCUT2D eigenvalue weighted by Crippen LogP contribution is 2.20. The molecule has 1 atom stereocenters. The van der Waals surface area contributed by atoms with Crippen LogP contribution in [0.4, 0.5) is 0 Å². The van der Waals surface area contributed by atoms with Crippen molar-refractivity contribution >= 4 is 17.6 Å². The summed E-state index contributed by atoms with van der Waals surface area (Å²) in [7, 11) is 0. The lowest BCUT2D eigenvalue weighted by molar-refractivity contribution is 0.782. The molecule has 0 N–H and O–H groups in total. The first kappa shape index (κ1) is 15.0. The van der Waals surface area contributed by atoms with Gasteiger partial charge in [-0.15, -0.1) is 0 Å². The molecule has 0 amide bonds. The molecule has 0 fully saturated rings. The number of aromatic nitrogens is 2. The quantitative estimate of drug-likeness (QED) is 0.857. The van der Waals surface area contributed by atoms with E-state index < -0.39 is 0 Å². The number of aliphatic imine (C=N–C) groups is 1. The van der Waals surface area contributed by atoms with E-state index in [-0.39, 0.29) is 10.8 Å². The van der Waals surface area contributed by atoms with Crippen LogP contribution in [0.5, 0.6) is 0 Å². The molecule has 1 aromatic heterocycles. The molecule has 1 aliphatic heterocycles. The molecule has 1 aliphatic rings. The molecule has 20 heavy (non-hydrogen) atoms. The van der Waals surface area contributed by atoms with Gasteiger partial charge in [-0.25, -0.2) is 4.99 Å². The number of hydrogen-bond donors (Lipinski definition) is 0. The Bertz CT molecular complexity index is 589. The minimum Gasteiger partial charge on any atom is -0.267 e. The van der Waals surface area contributed by atoms with Gasteiger partial charge in [-0.05, 0) is 30.6 Å². The third-order valence-corrected chi connectivity index (χ3v) is 4.58. The Morgan fingerprint density at radius 2 is 2.15 bits per heavy atom. The third-order valence-electron chi connectivity index (χ3n) is 3.44. The average Bonchev–Trinajstić information content (AvgIpc) is 2.48. The van der Waals surface area contributed by atoms with Gasteiger partial charge in [0.1, 0.15) is 5.84 Å². The van der Waals surface area contributed by atoms with Gasteiger partial charge in [-0.2, -0.15) is 21.5 Å².